The van der Waals surface area contributed by atoms with E-state index in [1.165, 1.54) is 0 Å². The molecular formula is C15H27Cl2N3O2S. The van der Waals surface area contributed by atoms with E-state index in [0.717, 1.165) is 23.5 Å². The number of hydrogen-bond donors (Lipinski definition) is 2. The molecule has 5 nitrogen and oxygen atoms in total. The Bertz CT molecular complexity index is 505. The molecule has 0 bridgehead atoms. The number of aromatic nitrogens is 1. The van der Waals surface area contributed by atoms with Gasteiger partial charge in [-0.05, 0) is 19.8 Å². The van der Waals surface area contributed by atoms with E-state index in [2.05, 4.69) is 36.5 Å². The first-order chi connectivity index (χ1) is 9.81. The molecule has 1 aromatic heterocycles. The molecule has 1 saturated heterocycles. The first kappa shape index (κ1) is 22.6. The fourth-order valence-corrected chi connectivity index (χ4v) is 3.32. The zero-order valence-corrected chi connectivity index (χ0v) is 16.4. The molecule has 3 atom stereocenters. The predicted octanol–water partition coefficient (Wildman–Crippen LogP) is 2.97. The lowest BCUT2D eigenvalue weighted by Crippen LogP contribution is -2.37. The van der Waals surface area contributed by atoms with Crippen LogP contribution < -0.4 is 11.1 Å². The number of hydrogen-bond acceptors (Lipinski definition) is 5. The summed E-state index contributed by atoms with van der Waals surface area (Å²) >= 11 is 1.59. The summed E-state index contributed by atoms with van der Waals surface area (Å²) in [5, 5.41) is 5.99. The first-order valence-corrected chi connectivity index (χ1v) is 8.31. The second-order valence-corrected chi connectivity index (χ2v) is 7.50. The first-order valence-electron chi connectivity index (χ1n) is 7.43. The molecule has 0 aromatic carbocycles. The molecular weight excluding hydrogens is 357 g/mol. The summed E-state index contributed by atoms with van der Waals surface area (Å²) < 4.78 is 5.61. The van der Waals surface area contributed by atoms with Gasteiger partial charge in [0.05, 0.1) is 17.8 Å². The van der Waals surface area contributed by atoms with Gasteiger partial charge in [-0.2, -0.15) is 0 Å². The van der Waals surface area contributed by atoms with Crippen molar-refractivity contribution in [1.29, 1.82) is 0 Å². The fraction of sp³-hybridized carbons (Fsp3) is 0.733. The van der Waals surface area contributed by atoms with Gasteiger partial charge in [0.25, 0.3) is 0 Å². The second kappa shape index (κ2) is 9.18. The molecule has 1 amide bonds. The van der Waals surface area contributed by atoms with Gasteiger partial charge in [-0.1, -0.05) is 20.8 Å². The molecule has 0 aliphatic carbocycles. The topological polar surface area (TPSA) is 77.2 Å². The Kier molecular flexibility index (Phi) is 9.02. The Labute approximate surface area is 154 Å². The molecule has 2 heterocycles. The maximum absolute atomic E-state index is 12.2. The van der Waals surface area contributed by atoms with Crippen molar-refractivity contribution in [2.24, 2.45) is 5.73 Å². The zero-order valence-electron chi connectivity index (χ0n) is 14.0. The Hall–Kier alpha value is -0.400. The van der Waals surface area contributed by atoms with E-state index < -0.39 is 0 Å². The van der Waals surface area contributed by atoms with E-state index in [1.807, 2.05) is 6.92 Å². The van der Waals surface area contributed by atoms with Gasteiger partial charge >= 0.3 is 0 Å². The van der Waals surface area contributed by atoms with Crippen LogP contribution in [0.5, 0.6) is 0 Å². The lowest BCUT2D eigenvalue weighted by Gasteiger charge is -2.17. The van der Waals surface area contributed by atoms with Crippen LogP contribution in [0, 0.1) is 0 Å². The summed E-state index contributed by atoms with van der Waals surface area (Å²) in [7, 11) is 0. The highest BCUT2D eigenvalue weighted by atomic mass is 35.5. The van der Waals surface area contributed by atoms with Crippen LogP contribution in [0.25, 0.3) is 0 Å². The van der Waals surface area contributed by atoms with Gasteiger partial charge in [0.2, 0.25) is 5.91 Å². The van der Waals surface area contributed by atoms with Gasteiger partial charge in [-0.15, -0.1) is 36.2 Å². The Morgan fingerprint density at radius 1 is 1.48 bits per heavy atom. The molecule has 8 heteroatoms. The van der Waals surface area contributed by atoms with Gasteiger partial charge in [0.1, 0.15) is 11.1 Å². The standard InChI is InChI=1S/C15H25N3O2S.2ClH/c1-9(14-18-12(8-21-14)15(2,3)4)17-13(19)11-6-5-10(7-16)20-11;;/h8-11H,5-7,16H2,1-4H3,(H,17,19);2*1H/t9?,10-,11+;;/m1../s1. The number of amides is 1. The average molecular weight is 384 g/mol. The Morgan fingerprint density at radius 3 is 2.61 bits per heavy atom. The molecule has 1 aromatic rings. The maximum Gasteiger partial charge on any atom is 0.249 e. The molecule has 23 heavy (non-hydrogen) atoms. The molecule has 134 valence electrons. The third-order valence-electron chi connectivity index (χ3n) is 3.68. The van der Waals surface area contributed by atoms with Crippen LogP contribution in [-0.4, -0.2) is 29.6 Å². The number of carbonyl (C=O) groups excluding carboxylic acids is 1. The largest absolute Gasteiger partial charge is 0.364 e. The van der Waals surface area contributed by atoms with E-state index in [1.54, 1.807) is 11.3 Å². The number of nitrogens with two attached hydrogens (primary N) is 1. The highest BCUT2D eigenvalue weighted by Gasteiger charge is 2.31. The fourth-order valence-electron chi connectivity index (χ4n) is 2.27. The van der Waals surface area contributed by atoms with Gasteiger partial charge < -0.3 is 15.8 Å². The number of halogens is 2. The highest BCUT2D eigenvalue weighted by Crippen LogP contribution is 2.27. The average Bonchev–Trinajstić information content (AvgIpc) is 3.07. The van der Waals surface area contributed by atoms with E-state index in [9.17, 15) is 4.79 Å². The minimum absolute atomic E-state index is 0. The predicted molar refractivity (Wildman–Crippen MR) is 98.8 cm³/mol. The van der Waals surface area contributed by atoms with Crippen LogP contribution in [0.1, 0.15) is 57.3 Å². The van der Waals surface area contributed by atoms with Crippen molar-refractivity contribution in [3.8, 4) is 0 Å². The van der Waals surface area contributed by atoms with Gasteiger partial charge in [0.15, 0.2) is 0 Å². The molecule has 0 radical (unpaired) electrons. The van der Waals surface area contributed by atoms with Crippen molar-refractivity contribution >= 4 is 42.1 Å². The van der Waals surface area contributed by atoms with Crippen molar-refractivity contribution in [3.05, 3.63) is 16.1 Å². The molecule has 3 N–H and O–H groups in total. The van der Waals surface area contributed by atoms with Crippen molar-refractivity contribution < 1.29 is 9.53 Å². The summed E-state index contributed by atoms with van der Waals surface area (Å²) in [4.78, 5) is 16.8. The smallest absolute Gasteiger partial charge is 0.249 e. The summed E-state index contributed by atoms with van der Waals surface area (Å²) in [5.74, 6) is -0.0639. The number of nitrogens with one attached hydrogen (secondary N) is 1. The number of carbonyl (C=O) groups is 1. The van der Waals surface area contributed by atoms with Crippen LogP contribution >= 0.6 is 36.2 Å². The van der Waals surface area contributed by atoms with Gasteiger partial charge in [-0.3, -0.25) is 4.79 Å². The van der Waals surface area contributed by atoms with Crippen molar-refractivity contribution in [2.75, 3.05) is 6.54 Å². The van der Waals surface area contributed by atoms with Gasteiger partial charge in [0, 0.05) is 17.3 Å². The van der Waals surface area contributed by atoms with Gasteiger partial charge in [-0.25, -0.2) is 4.98 Å². The maximum atomic E-state index is 12.2. The number of nitrogens with zero attached hydrogens (tertiary/aromatic N) is 1. The molecule has 0 spiro atoms. The van der Waals surface area contributed by atoms with Crippen LogP contribution in [-0.2, 0) is 14.9 Å². The summed E-state index contributed by atoms with van der Waals surface area (Å²) in [6, 6.07) is -0.0980. The molecule has 0 saturated carbocycles. The third kappa shape index (κ3) is 5.87. The normalized spacial score (nSPS) is 22.0. The zero-order chi connectivity index (χ0) is 15.6. The van der Waals surface area contributed by atoms with E-state index in [4.69, 9.17) is 10.5 Å². The number of ether oxygens (including phenoxy) is 1. The Balaban J connectivity index is 0.00000242. The minimum Gasteiger partial charge on any atom is -0.364 e. The van der Waals surface area contributed by atoms with Crippen molar-refractivity contribution in [3.63, 3.8) is 0 Å². The minimum atomic E-state index is -0.372. The van der Waals surface area contributed by atoms with Crippen molar-refractivity contribution in [1.82, 2.24) is 10.3 Å². The quantitative estimate of drug-likeness (QED) is 0.837. The number of rotatable bonds is 4. The number of thiazole rings is 1. The van der Waals surface area contributed by atoms with E-state index in [0.29, 0.717) is 6.54 Å². The molecule has 1 aliphatic rings. The monoisotopic (exact) mass is 383 g/mol. The van der Waals surface area contributed by atoms with E-state index in [-0.39, 0.29) is 54.4 Å². The molecule has 1 fully saturated rings. The summed E-state index contributed by atoms with van der Waals surface area (Å²) in [6.45, 7) is 8.83. The van der Waals surface area contributed by atoms with Crippen LogP contribution in [0.15, 0.2) is 5.38 Å². The SMILES string of the molecule is CC(NC(=O)[C@@H]1CC[C@H](CN)O1)c1nc(C(C)(C)C)cs1.Cl.Cl. The van der Waals surface area contributed by atoms with E-state index >= 15 is 0 Å². The van der Waals surface area contributed by atoms with Crippen LogP contribution in [0.2, 0.25) is 0 Å². The summed E-state index contributed by atoms with van der Waals surface area (Å²) in [6.07, 6.45) is 1.24. The molecule has 1 aliphatic heterocycles. The highest BCUT2D eigenvalue weighted by molar-refractivity contribution is 7.09. The second-order valence-electron chi connectivity index (χ2n) is 6.61. The Morgan fingerprint density at radius 2 is 2.13 bits per heavy atom. The van der Waals surface area contributed by atoms with Crippen LogP contribution in [0.4, 0.5) is 0 Å². The lowest BCUT2D eigenvalue weighted by atomic mass is 9.93. The van der Waals surface area contributed by atoms with Crippen molar-refractivity contribution in [2.45, 2.75) is 64.2 Å². The van der Waals surface area contributed by atoms with Crippen LogP contribution in [0.3, 0.4) is 0 Å². The molecule has 2 rings (SSSR count). The third-order valence-corrected chi connectivity index (χ3v) is 4.71. The lowest BCUT2D eigenvalue weighted by molar-refractivity contribution is -0.132. The summed E-state index contributed by atoms with van der Waals surface area (Å²) in [5.41, 5.74) is 6.66. The molecule has 1 unspecified atom stereocenters.